The Morgan fingerprint density at radius 3 is 2.79 bits per heavy atom. The van der Waals surface area contributed by atoms with E-state index in [0.717, 1.165) is 45.1 Å². The Hall–Kier alpha value is -2.12. The summed E-state index contributed by atoms with van der Waals surface area (Å²) < 4.78 is 12.8. The van der Waals surface area contributed by atoms with Crippen LogP contribution in [-0.2, 0) is 4.79 Å². The molecular formula is C22H29N3O3S. The molecule has 29 heavy (non-hydrogen) atoms. The van der Waals surface area contributed by atoms with Crippen molar-refractivity contribution >= 4 is 33.0 Å². The minimum Gasteiger partial charge on any atom is -0.493 e. The number of rotatable bonds is 7. The number of hydrazone groups is 1. The molecule has 2 aliphatic heterocycles. The summed E-state index contributed by atoms with van der Waals surface area (Å²) in [6.45, 7) is 6.26. The molecule has 1 unspecified atom stereocenters. The van der Waals surface area contributed by atoms with Crippen molar-refractivity contribution in [3.05, 3.63) is 23.1 Å². The highest BCUT2D eigenvalue weighted by Crippen LogP contribution is 2.37. The molecule has 1 aromatic carbocycles. The number of carbonyl (C=O) groups excluding carboxylic acids is 1. The van der Waals surface area contributed by atoms with Gasteiger partial charge in [0, 0.05) is 29.6 Å². The third-order valence-corrected chi connectivity index (χ3v) is 6.76. The molecule has 1 saturated heterocycles. The van der Waals surface area contributed by atoms with Gasteiger partial charge >= 0.3 is 0 Å². The molecule has 2 aliphatic rings. The van der Waals surface area contributed by atoms with Gasteiger partial charge in [0.25, 0.3) is 0 Å². The average molecular weight is 416 g/mol. The number of nitrogens with one attached hydrogen (secondary N) is 1. The van der Waals surface area contributed by atoms with Crippen LogP contribution in [0.15, 0.2) is 23.3 Å². The quantitative estimate of drug-likeness (QED) is 0.694. The summed E-state index contributed by atoms with van der Waals surface area (Å²) in [6.07, 6.45) is 5.50. The Morgan fingerprint density at radius 2 is 2.03 bits per heavy atom. The number of carbonyl (C=O) groups is 1. The normalized spacial score (nSPS) is 20.4. The number of hydrogen-bond acceptors (Lipinski definition) is 6. The summed E-state index contributed by atoms with van der Waals surface area (Å²) in [6, 6.07) is 6.23. The van der Waals surface area contributed by atoms with E-state index in [-0.39, 0.29) is 11.8 Å². The average Bonchev–Trinajstić information content (AvgIpc) is 3.13. The van der Waals surface area contributed by atoms with Crippen molar-refractivity contribution in [2.45, 2.75) is 39.0 Å². The number of ether oxygens (including phenoxy) is 2. The molecule has 1 aromatic heterocycles. The van der Waals surface area contributed by atoms with Crippen molar-refractivity contribution < 1.29 is 14.3 Å². The summed E-state index contributed by atoms with van der Waals surface area (Å²) in [7, 11) is 1.68. The fourth-order valence-corrected chi connectivity index (χ4v) is 5.23. The fourth-order valence-electron chi connectivity index (χ4n) is 4.05. The van der Waals surface area contributed by atoms with Crippen LogP contribution < -0.4 is 14.9 Å². The lowest BCUT2D eigenvalue weighted by atomic mass is 9.99. The molecule has 6 nitrogen and oxygen atoms in total. The van der Waals surface area contributed by atoms with E-state index in [1.807, 2.05) is 13.0 Å². The van der Waals surface area contributed by atoms with Crippen LogP contribution in [0.1, 0.15) is 43.9 Å². The van der Waals surface area contributed by atoms with Gasteiger partial charge < -0.3 is 14.4 Å². The third kappa shape index (κ3) is 4.73. The zero-order chi connectivity index (χ0) is 20.2. The van der Waals surface area contributed by atoms with Gasteiger partial charge in [-0.2, -0.15) is 5.10 Å². The van der Waals surface area contributed by atoms with Crippen LogP contribution in [0, 0.1) is 5.92 Å². The first-order valence-corrected chi connectivity index (χ1v) is 11.3. The number of benzene rings is 1. The van der Waals surface area contributed by atoms with Gasteiger partial charge in [0.2, 0.25) is 5.91 Å². The highest BCUT2D eigenvalue weighted by atomic mass is 32.1. The number of thiophene rings is 1. The second-order valence-electron chi connectivity index (χ2n) is 7.89. The minimum atomic E-state index is -0.0238. The molecule has 7 heteroatoms. The van der Waals surface area contributed by atoms with Gasteiger partial charge in [0.15, 0.2) is 11.5 Å². The molecule has 0 spiro atoms. The van der Waals surface area contributed by atoms with E-state index < -0.39 is 0 Å². The van der Waals surface area contributed by atoms with E-state index in [4.69, 9.17) is 9.47 Å². The van der Waals surface area contributed by atoms with E-state index in [1.54, 1.807) is 18.4 Å². The lowest BCUT2D eigenvalue weighted by molar-refractivity contribution is -0.121. The van der Waals surface area contributed by atoms with Crippen molar-refractivity contribution in [2.24, 2.45) is 11.0 Å². The van der Waals surface area contributed by atoms with Crippen LogP contribution >= 0.6 is 11.3 Å². The highest BCUT2D eigenvalue weighted by Gasteiger charge is 2.23. The Morgan fingerprint density at radius 1 is 1.21 bits per heavy atom. The zero-order valence-electron chi connectivity index (χ0n) is 17.2. The van der Waals surface area contributed by atoms with E-state index in [9.17, 15) is 4.79 Å². The molecule has 156 valence electrons. The second kappa shape index (κ2) is 9.13. The van der Waals surface area contributed by atoms with E-state index in [2.05, 4.69) is 27.6 Å². The minimum absolute atomic E-state index is 0.0238. The summed E-state index contributed by atoms with van der Waals surface area (Å²) in [5.41, 5.74) is 3.54. The van der Waals surface area contributed by atoms with Gasteiger partial charge in [-0.1, -0.05) is 13.3 Å². The van der Waals surface area contributed by atoms with Crippen LogP contribution in [0.25, 0.3) is 10.1 Å². The third-order valence-electron chi connectivity index (χ3n) is 5.64. The second-order valence-corrected chi connectivity index (χ2v) is 8.98. The molecule has 1 atom stereocenters. The van der Waals surface area contributed by atoms with Gasteiger partial charge in [-0.25, -0.2) is 5.43 Å². The van der Waals surface area contributed by atoms with Crippen LogP contribution in [0.5, 0.6) is 11.5 Å². The highest BCUT2D eigenvalue weighted by molar-refractivity contribution is 7.21. The molecule has 0 radical (unpaired) electrons. The van der Waals surface area contributed by atoms with Crippen molar-refractivity contribution in [1.29, 1.82) is 0 Å². The molecular weight excluding hydrogens is 386 g/mol. The van der Waals surface area contributed by atoms with Crippen LogP contribution in [0.3, 0.4) is 0 Å². The van der Waals surface area contributed by atoms with Crippen LogP contribution in [-0.4, -0.2) is 49.9 Å². The van der Waals surface area contributed by atoms with Crippen LogP contribution in [0.2, 0.25) is 0 Å². The van der Waals surface area contributed by atoms with E-state index in [1.165, 1.54) is 32.4 Å². The largest absolute Gasteiger partial charge is 0.493 e. The first-order chi connectivity index (χ1) is 14.1. The standard InChI is InChI=1S/C22H29N3O3S/c1-15-11-21(26)23-24-22(15)20-13-16-12-18(17(27-2)14-19(16)29-20)28-10-6-9-25-7-4-3-5-8-25/h12-15H,3-11H2,1-2H3,(H,23,26). The Bertz CT molecular complexity index is 902. The summed E-state index contributed by atoms with van der Waals surface area (Å²) in [4.78, 5) is 15.1. The zero-order valence-corrected chi connectivity index (χ0v) is 18.0. The molecule has 0 saturated carbocycles. The van der Waals surface area contributed by atoms with Gasteiger partial charge in [0.1, 0.15) is 0 Å². The van der Waals surface area contributed by atoms with Gasteiger partial charge in [-0.3, -0.25) is 4.79 Å². The maximum absolute atomic E-state index is 11.5. The molecule has 1 amide bonds. The van der Waals surface area contributed by atoms with Gasteiger partial charge in [-0.05, 0) is 49.9 Å². The van der Waals surface area contributed by atoms with Gasteiger partial charge in [0.05, 0.1) is 24.3 Å². The number of nitrogens with zero attached hydrogens (tertiary/aromatic N) is 2. The topological polar surface area (TPSA) is 63.2 Å². The number of likely N-dealkylation sites (tertiary alicyclic amines) is 1. The van der Waals surface area contributed by atoms with E-state index in [0.29, 0.717) is 13.0 Å². The summed E-state index contributed by atoms with van der Waals surface area (Å²) in [5.74, 6) is 1.64. The lowest BCUT2D eigenvalue weighted by Crippen LogP contribution is -2.31. The molecule has 2 aromatic rings. The molecule has 1 N–H and O–H groups in total. The molecule has 0 bridgehead atoms. The summed E-state index contributed by atoms with van der Waals surface area (Å²) in [5, 5.41) is 5.40. The predicted octanol–water partition coefficient (Wildman–Crippen LogP) is 4.02. The lowest BCUT2D eigenvalue weighted by Gasteiger charge is -2.26. The van der Waals surface area contributed by atoms with Crippen molar-refractivity contribution in [3.8, 4) is 11.5 Å². The molecule has 1 fully saturated rings. The number of fused-ring (bicyclic) bond motifs is 1. The first kappa shape index (κ1) is 20.2. The van der Waals surface area contributed by atoms with Crippen molar-refractivity contribution in [1.82, 2.24) is 10.3 Å². The number of piperidine rings is 1. The van der Waals surface area contributed by atoms with E-state index >= 15 is 0 Å². The number of methoxy groups -OCH3 is 1. The fraction of sp³-hybridized carbons (Fsp3) is 0.545. The maximum Gasteiger partial charge on any atom is 0.240 e. The predicted molar refractivity (Wildman–Crippen MR) is 117 cm³/mol. The number of amides is 1. The summed E-state index contributed by atoms with van der Waals surface area (Å²) >= 11 is 1.67. The Labute approximate surface area is 175 Å². The SMILES string of the molecule is COc1cc2sc(C3=NNC(=O)CC3C)cc2cc1OCCCN1CCCCC1. The maximum atomic E-state index is 11.5. The van der Waals surface area contributed by atoms with Crippen molar-refractivity contribution in [3.63, 3.8) is 0 Å². The molecule has 3 heterocycles. The van der Waals surface area contributed by atoms with Crippen LogP contribution in [0.4, 0.5) is 0 Å². The Balaban J connectivity index is 1.45. The molecule has 0 aliphatic carbocycles. The molecule has 4 rings (SSSR count). The monoisotopic (exact) mass is 415 g/mol. The Kier molecular flexibility index (Phi) is 6.35. The van der Waals surface area contributed by atoms with Crippen molar-refractivity contribution in [2.75, 3.05) is 33.4 Å². The smallest absolute Gasteiger partial charge is 0.240 e. The van der Waals surface area contributed by atoms with Gasteiger partial charge in [-0.15, -0.1) is 11.3 Å². The number of hydrogen-bond donors (Lipinski definition) is 1. The first-order valence-electron chi connectivity index (χ1n) is 10.5.